The summed E-state index contributed by atoms with van der Waals surface area (Å²) in [5, 5.41) is 3.51. The van der Waals surface area contributed by atoms with E-state index >= 15 is 0 Å². The Morgan fingerprint density at radius 3 is 2.60 bits per heavy atom. The fraction of sp³-hybridized carbons (Fsp3) is 0.300. The first-order chi connectivity index (χ1) is 12.1. The van der Waals surface area contributed by atoms with E-state index in [2.05, 4.69) is 34.5 Å². The Morgan fingerprint density at radius 2 is 1.80 bits per heavy atom. The van der Waals surface area contributed by atoms with Crippen molar-refractivity contribution in [3.05, 3.63) is 65.2 Å². The summed E-state index contributed by atoms with van der Waals surface area (Å²) in [6.07, 6.45) is 1.07. The highest BCUT2D eigenvalue weighted by molar-refractivity contribution is 6.21. The van der Waals surface area contributed by atoms with Gasteiger partial charge >= 0.3 is 0 Å². The van der Waals surface area contributed by atoms with Crippen molar-refractivity contribution in [1.82, 2.24) is 9.80 Å². The molecular weight excluding hydrogens is 314 g/mol. The van der Waals surface area contributed by atoms with Gasteiger partial charge in [-0.25, -0.2) is 0 Å². The molecule has 128 valence electrons. The molecule has 2 amide bonds. The van der Waals surface area contributed by atoms with Crippen LogP contribution in [0.4, 0.5) is 5.69 Å². The molecule has 0 saturated carbocycles. The van der Waals surface area contributed by atoms with E-state index in [-0.39, 0.29) is 11.8 Å². The molecule has 4 rings (SSSR count). The number of hydrogen-bond acceptors (Lipinski definition) is 4. The molecule has 1 unspecified atom stereocenters. The molecule has 25 heavy (non-hydrogen) atoms. The van der Waals surface area contributed by atoms with Crippen molar-refractivity contribution in [1.29, 1.82) is 0 Å². The van der Waals surface area contributed by atoms with Crippen molar-refractivity contribution in [2.75, 3.05) is 25.5 Å². The first-order valence-corrected chi connectivity index (χ1v) is 8.61. The van der Waals surface area contributed by atoms with Gasteiger partial charge in [-0.3, -0.25) is 19.4 Å². The van der Waals surface area contributed by atoms with Crippen LogP contribution in [-0.2, 0) is 6.54 Å². The van der Waals surface area contributed by atoms with Crippen LogP contribution in [0.3, 0.4) is 0 Å². The molecule has 2 aromatic rings. The third kappa shape index (κ3) is 3.03. The number of nitrogens with one attached hydrogen (secondary N) is 1. The largest absolute Gasteiger partial charge is 0.381 e. The van der Waals surface area contributed by atoms with E-state index in [0.717, 1.165) is 31.7 Å². The van der Waals surface area contributed by atoms with Crippen LogP contribution in [0.2, 0.25) is 0 Å². The van der Waals surface area contributed by atoms with Gasteiger partial charge in [0.15, 0.2) is 0 Å². The number of amides is 2. The molecule has 0 bridgehead atoms. The van der Waals surface area contributed by atoms with Gasteiger partial charge in [0.2, 0.25) is 0 Å². The summed E-state index contributed by atoms with van der Waals surface area (Å²) < 4.78 is 0. The number of carbonyl (C=O) groups is 2. The maximum Gasteiger partial charge on any atom is 0.261 e. The zero-order valence-electron chi connectivity index (χ0n) is 14.2. The average molecular weight is 335 g/mol. The molecule has 2 aromatic carbocycles. The standard InChI is InChI=1S/C20H21N3O2/c1-22-19(24)17-8-7-15(11-18(17)20(22)25)21-16-9-10-23(13-16)12-14-5-3-2-4-6-14/h2-8,11,16,21H,9-10,12-13H2,1H3. The molecule has 1 saturated heterocycles. The highest BCUT2D eigenvalue weighted by Crippen LogP contribution is 2.26. The summed E-state index contributed by atoms with van der Waals surface area (Å²) >= 11 is 0. The van der Waals surface area contributed by atoms with Gasteiger partial charge in [0.05, 0.1) is 11.1 Å². The number of nitrogens with zero attached hydrogens (tertiary/aromatic N) is 2. The zero-order chi connectivity index (χ0) is 17.4. The van der Waals surface area contributed by atoms with Crippen LogP contribution in [-0.4, -0.2) is 47.8 Å². The van der Waals surface area contributed by atoms with Crippen molar-refractivity contribution < 1.29 is 9.59 Å². The van der Waals surface area contributed by atoms with Crippen molar-refractivity contribution in [3.8, 4) is 0 Å². The van der Waals surface area contributed by atoms with Crippen molar-refractivity contribution in [3.63, 3.8) is 0 Å². The Hall–Kier alpha value is -2.66. The van der Waals surface area contributed by atoms with Crippen molar-refractivity contribution >= 4 is 17.5 Å². The number of rotatable bonds is 4. The van der Waals surface area contributed by atoms with Gasteiger partial charge in [-0.05, 0) is 30.2 Å². The number of fused-ring (bicyclic) bond motifs is 1. The van der Waals surface area contributed by atoms with Crippen LogP contribution in [0, 0.1) is 0 Å². The SMILES string of the molecule is CN1C(=O)c2ccc(NC3CCN(Cc4ccccc4)C3)cc2C1=O. The topological polar surface area (TPSA) is 52.7 Å². The Morgan fingerprint density at radius 1 is 1.04 bits per heavy atom. The van der Waals surface area contributed by atoms with E-state index < -0.39 is 0 Å². The second kappa shape index (κ2) is 6.33. The second-order valence-corrected chi connectivity index (χ2v) is 6.78. The maximum atomic E-state index is 12.1. The summed E-state index contributed by atoms with van der Waals surface area (Å²) in [6.45, 7) is 2.98. The average Bonchev–Trinajstić information content (AvgIpc) is 3.15. The molecule has 1 fully saturated rings. The van der Waals surface area contributed by atoms with Gasteiger partial charge in [-0.2, -0.15) is 0 Å². The molecule has 0 radical (unpaired) electrons. The first-order valence-electron chi connectivity index (χ1n) is 8.61. The Bertz CT molecular complexity index is 819. The first kappa shape index (κ1) is 15.8. The van der Waals surface area contributed by atoms with Crippen LogP contribution >= 0.6 is 0 Å². The van der Waals surface area contributed by atoms with Crippen LogP contribution in [0.5, 0.6) is 0 Å². The number of carbonyl (C=O) groups excluding carboxylic acids is 2. The molecule has 5 heteroatoms. The smallest absolute Gasteiger partial charge is 0.261 e. The van der Waals surface area contributed by atoms with Gasteiger partial charge < -0.3 is 5.32 Å². The molecule has 0 aromatic heterocycles. The van der Waals surface area contributed by atoms with Gasteiger partial charge in [0.1, 0.15) is 0 Å². The third-order valence-electron chi connectivity index (χ3n) is 4.98. The number of likely N-dealkylation sites (tertiary alicyclic amines) is 1. The van der Waals surface area contributed by atoms with Crippen LogP contribution in [0.25, 0.3) is 0 Å². The van der Waals surface area contributed by atoms with E-state index in [1.165, 1.54) is 17.5 Å². The minimum atomic E-state index is -0.222. The molecule has 2 aliphatic heterocycles. The molecular formula is C20H21N3O2. The lowest BCUT2D eigenvalue weighted by molar-refractivity contribution is 0.0693. The van der Waals surface area contributed by atoms with Gasteiger partial charge in [0, 0.05) is 38.4 Å². The quantitative estimate of drug-likeness (QED) is 0.873. The highest BCUT2D eigenvalue weighted by Gasteiger charge is 2.33. The van der Waals surface area contributed by atoms with E-state index in [4.69, 9.17) is 0 Å². The Kier molecular flexibility index (Phi) is 4.01. The second-order valence-electron chi connectivity index (χ2n) is 6.78. The van der Waals surface area contributed by atoms with Crippen molar-refractivity contribution in [2.24, 2.45) is 0 Å². The minimum absolute atomic E-state index is 0.221. The number of imide groups is 1. The van der Waals surface area contributed by atoms with E-state index in [1.807, 2.05) is 12.1 Å². The van der Waals surface area contributed by atoms with E-state index in [0.29, 0.717) is 17.2 Å². The lowest BCUT2D eigenvalue weighted by Gasteiger charge is -2.17. The van der Waals surface area contributed by atoms with Gasteiger partial charge in [0.25, 0.3) is 11.8 Å². The van der Waals surface area contributed by atoms with Gasteiger partial charge in [-0.15, -0.1) is 0 Å². The van der Waals surface area contributed by atoms with E-state index in [9.17, 15) is 9.59 Å². The van der Waals surface area contributed by atoms with E-state index in [1.54, 1.807) is 12.1 Å². The molecule has 1 N–H and O–H groups in total. The molecule has 1 atom stereocenters. The van der Waals surface area contributed by atoms with Crippen LogP contribution < -0.4 is 5.32 Å². The molecule has 2 aliphatic rings. The summed E-state index contributed by atoms with van der Waals surface area (Å²) in [6, 6.07) is 16.3. The summed E-state index contributed by atoms with van der Waals surface area (Å²) in [5.74, 6) is -0.442. The zero-order valence-corrected chi connectivity index (χ0v) is 14.2. The molecule has 2 heterocycles. The number of anilines is 1. The molecule has 0 aliphatic carbocycles. The predicted octanol–water partition coefficient (Wildman–Crippen LogP) is 2.60. The van der Waals surface area contributed by atoms with Crippen molar-refractivity contribution in [2.45, 2.75) is 19.0 Å². The lowest BCUT2D eigenvalue weighted by Crippen LogP contribution is -2.26. The Balaban J connectivity index is 1.41. The fourth-order valence-corrected chi connectivity index (χ4v) is 3.62. The maximum absolute atomic E-state index is 12.1. The normalized spacial score (nSPS) is 20.2. The Labute approximate surface area is 147 Å². The summed E-state index contributed by atoms with van der Waals surface area (Å²) in [7, 11) is 1.52. The summed E-state index contributed by atoms with van der Waals surface area (Å²) in [5.41, 5.74) is 3.22. The molecule has 5 nitrogen and oxygen atoms in total. The minimum Gasteiger partial charge on any atom is -0.381 e. The lowest BCUT2D eigenvalue weighted by atomic mass is 10.1. The number of benzene rings is 2. The predicted molar refractivity (Wildman–Crippen MR) is 96.6 cm³/mol. The number of hydrogen-bond donors (Lipinski definition) is 1. The fourth-order valence-electron chi connectivity index (χ4n) is 3.62. The van der Waals surface area contributed by atoms with Crippen LogP contribution in [0.15, 0.2) is 48.5 Å². The third-order valence-corrected chi connectivity index (χ3v) is 4.98. The van der Waals surface area contributed by atoms with Gasteiger partial charge in [-0.1, -0.05) is 30.3 Å². The monoisotopic (exact) mass is 335 g/mol. The highest BCUT2D eigenvalue weighted by atomic mass is 16.2. The van der Waals surface area contributed by atoms with Crippen LogP contribution in [0.1, 0.15) is 32.7 Å². The summed E-state index contributed by atoms with van der Waals surface area (Å²) in [4.78, 5) is 27.7. The molecule has 0 spiro atoms.